The molecule has 1 aliphatic carbocycles. The Labute approximate surface area is 161 Å². The highest BCUT2D eigenvalue weighted by molar-refractivity contribution is 7.22. The summed E-state index contributed by atoms with van der Waals surface area (Å²) in [6.07, 6.45) is 1.38. The third-order valence-corrected chi connectivity index (χ3v) is 7.53. The molecule has 1 saturated heterocycles. The molecule has 1 saturated carbocycles. The molecule has 2 unspecified atom stereocenters. The molecule has 0 spiro atoms. The number of piperidine rings is 1. The van der Waals surface area contributed by atoms with Crippen LogP contribution in [0.5, 0.6) is 0 Å². The number of carbonyl (C=O) groups is 3. The van der Waals surface area contributed by atoms with Gasteiger partial charge in [0.1, 0.15) is 6.54 Å². The molecule has 27 heavy (non-hydrogen) atoms. The third-order valence-electron chi connectivity index (χ3n) is 6.60. The zero-order chi connectivity index (χ0) is 19.6. The van der Waals surface area contributed by atoms with Crippen molar-refractivity contribution in [2.45, 2.75) is 40.5 Å². The van der Waals surface area contributed by atoms with Crippen molar-refractivity contribution >= 4 is 44.4 Å². The van der Waals surface area contributed by atoms with Crippen LogP contribution in [0.15, 0.2) is 18.2 Å². The molecule has 2 aromatic rings. The number of nitrogens with zero attached hydrogens (tertiary/aromatic N) is 2. The van der Waals surface area contributed by atoms with Crippen LogP contribution in [0.3, 0.4) is 0 Å². The van der Waals surface area contributed by atoms with Crippen molar-refractivity contribution in [1.29, 1.82) is 0 Å². The summed E-state index contributed by atoms with van der Waals surface area (Å²) in [5.74, 6) is -1.06. The van der Waals surface area contributed by atoms with Crippen LogP contribution in [-0.2, 0) is 14.4 Å². The average Bonchev–Trinajstić information content (AvgIpc) is 3.06. The number of hydrogen-bond acceptors (Lipinski definition) is 5. The third kappa shape index (κ3) is 2.59. The molecule has 0 radical (unpaired) electrons. The lowest BCUT2D eigenvalue weighted by Gasteiger charge is -2.47. The van der Waals surface area contributed by atoms with Gasteiger partial charge in [-0.3, -0.25) is 19.3 Å². The number of hydrogen-bond donors (Lipinski definition) is 1. The van der Waals surface area contributed by atoms with E-state index in [9.17, 15) is 14.4 Å². The fraction of sp³-hybridized carbons (Fsp3) is 0.500. The van der Waals surface area contributed by atoms with E-state index in [0.29, 0.717) is 18.0 Å². The fourth-order valence-electron chi connectivity index (χ4n) is 4.44. The Morgan fingerprint density at radius 2 is 2.07 bits per heavy atom. The van der Waals surface area contributed by atoms with Crippen LogP contribution in [0.2, 0.25) is 0 Å². The van der Waals surface area contributed by atoms with E-state index in [-0.39, 0.29) is 29.7 Å². The highest BCUT2D eigenvalue weighted by Gasteiger charge is 2.64. The fourth-order valence-corrected chi connectivity index (χ4v) is 5.42. The number of aryl methyl sites for hydroxylation is 1. The number of likely N-dealkylation sites (tertiary alicyclic amines) is 1. The van der Waals surface area contributed by atoms with Crippen molar-refractivity contribution in [2.24, 2.45) is 16.7 Å². The number of imide groups is 1. The topological polar surface area (TPSA) is 79.4 Å². The molecule has 2 atom stereocenters. The van der Waals surface area contributed by atoms with Crippen LogP contribution in [-0.4, -0.2) is 34.2 Å². The van der Waals surface area contributed by atoms with Crippen LogP contribution < -0.4 is 5.32 Å². The van der Waals surface area contributed by atoms with Gasteiger partial charge < -0.3 is 5.32 Å². The highest BCUT2D eigenvalue weighted by Crippen LogP contribution is 2.59. The van der Waals surface area contributed by atoms with Gasteiger partial charge in [0.25, 0.3) is 0 Å². The SMILES string of the molecule is Cc1ccc2nc(NC(=O)CN3C(=O)C4CCC(C)(C3=O)C4(C)C)sc2c1. The smallest absolute Gasteiger partial charge is 0.246 e. The number of anilines is 1. The van der Waals surface area contributed by atoms with Gasteiger partial charge in [-0.2, -0.15) is 0 Å². The summed E-state index contributed by atoms with van der Waals surface area (Å²) in [4.78, 5) is 43.9. The maximum atomic E-state index is 13.0. The monoisotopic (exact) mass is 385 g/mol. The Kier molecular flexibility index (Phi) is 3.93. The second-order valence-corrected chi connectivity index (χ2v) is 9.44. The summed E-state index contributed by atoms with van der Waals surface area (Å²) < 4.78 is 0.989. The van der Waals surface area contributed by atoms with Crippen LogP contribution in [0, 0.1) is 23.7 Å². The Bertz CT molecular complexity index is 980. The minimum Gasteiger partial charge on any atom is -0.300 e. The first-order valence-corrected chi connectivity index (χ1v) is 9.98. The van der Waals surface area contributed by atoms with Crippen molar-refractivity contribution in [1.82, 2.24) is 9.88 Å². The summed E-state index contributed by atoms with van der Waals surface area (Å²) in [5.41, 5.74) is 0.969. The summed E-state index contributed by atoms with van der Waals surface area (Å²) in [5, 5.41) is 3.22. The van der Waals surface area contributed by atoms with E-state index in [4.69, 9.17) is 0 Å². The van der Waals surface area contributed by atoms with Gasteiger partial charge in [-0.1, -0.05) is 38.2 Å². The van der Waals surface area contributed by atoms with Crippen molar-refractivity contribution in [2.75, 3.05) is 11.9 Å². The maximum Gasteiger partial charge on any atom is 0.246 e. The van der Waals surface area contributed by atoms with E-state index in [1.807, 2.05) is 45.9 Å². The Hall–Kier alpha value is -2.28. The second kappa shape index (κ2) is 5.86. The van der Waals surface area contributed by atoms with E-state index < -0.39 is 11.3 Å². The zero-order valence-electron chi connectivity index (χ0n) is 16.0. The average molecular weight is 385 g/mol. The largest absolute Gasteiger partial charge is 0.300 e. The van der Waals surface area contributed by atoms with Gasteiger partial charge in [0.15, 0.2) is 5.13 Å². The normalized spacial score (nSPS) is 26.7. The molecular formula is C20H23N3O3S. The molecule has 1 aromatic carbocycles. The van der Waals surface area contributed by atoms with Crippen LogP contribution in [0.25, 0.3) is 10.2 Å². The number of carbonyl (C=O) groups excluding carboxylic acids is 3. The van der Waals surface area contributed by atoms with Gasteiger partial charge >= 0.3 is 0 Å². The van der Waals surface area contributed by atoms with Gasteiger partial charge in [0, 0.05) is 5.92 Å². The maximum absolute atomic E-state index is 13.0. The highest BCUT2D eigenvalue weighted by atomic mass is 32.1. The van der Waals surface area contributed by atoms with Crippen molar-refractivity contribution in [3.63, 3.8) is 0 Å². The summed E-state index contributed by atoms with van der Waals surface area (Å²) >= 11 is 1.38. The molecule has 1 aromatic heterocycles. The molecule has 4 rings (SSSR count). The molecule has 1 N–H and O–H groups in total. The number of fused-ring (bicyclic) bond motifs is 3. The molecule has 7 heteroatoms. The Balaban J connectivity index is 1.52. The van der Waals surface area contributed by atoms with Gasteiger partial charge in [0.05, 0.1) is 15.6 Å². The first-order valence-electron chi connectivity index (χ1n) is 9.16. The molecule has 3 amide bonds. The lowest BCUT2D eigenvalue weighted by atomic mass is 9.62. The molecule has 142 valence electrons. The predicted molar refractivity (Wildman–Crippen MR) is 104 cm³/mol. The number of nitrogens with one attached hydrogen (secondary N) is 1. The minimum absolute atomic E-state index is 0.210. The lowest BCUT2D eigenvalue weighted by molar-refractivity contribution is -0.168. The van der Waals surface area contributed by atoms with Gasteiger partial charge in [-0.25, -0.2) is 4.98 Å². The van der Waals surface area contributed by atoms with Gasteiger partial charge in [-0.15, -0.1) is 0 Å². The zero-order valence-corrected chi connectivity index (χ0v) is 16.8. The number of rotatable bonds is 3. The first kappa shape index (κ1) is 18.1. The molecule has 2 fully saturated rings. The standard InChI is InChI=1S/C20H23N3O3S/c1-11-5-6-13-14(9-11)27-18(21-13)22-15(24)10-23-16(25)12-7-8-20(4,17(23)26)19(12,2)3/h5-6,9,12H,7-8,10H2,1-4H3,(H,21,22,24). The Morgan fingerprint density at radius 1 is 1.33 bits per heavy atom. The summed E-state index contributed by atoms with van der Waals surface area (Å²) in [6, 6.07) is 5.90. The van der Waals surface area contributed by atoms with Crippen LogP contribution in [0.4, 0.5) is 5.13 Å². The van der Waals surface area contributed by atoms with E-state index in [0.717, 1.165) is 20.7 Å². The molecule has 2 aliphatic rings. The Morgan fingerprint density at radius 3 is 2.81 bits per heavy atom. The van der Waals surface area contributed by atoms with E-state index in [1.165, 1.54) is 11.3 Å². The van der Waals surface area contributed by atoms with Crippen molar-refractivity contribution in [3.8, 4) is 0 Å². The number of thiazole rings is 1. The molecule has 1 aliphatic heterocycles. The summed E-state index contributed by atoms with van der Waals surface area (Å²) in [7, 11) is 0. The quantitative estimate of drug-likeness (QED) is 0.822. The number of benzene rings is 1. The van der Waals surface area contributed by atoms with Gasteiger partial charge in [-0.05, 0) is 42.9 Å². The van der Waals surface area contributed by atoms with Crippen molar-refractivity contribution < 1.29 is 14.4 Å². The minimum atomic E-state index is -0.598. The predicted octanol–water partition coefficient (Wildman–Crippen LogP) is 3.35. The molecular weight excluding hydrogens is 362 g/mol. The molecule has 6 nitrogen and oxygen atoms in total. The van der Waals surface area contributed by atoms with Gasteiger partial charge in [0.2, 0.25) is 17.7 Å². The second-order valence-electron chi connectivity index (χ2n) is 8.41. The number of amides is 3. The van der Waals surface area contributed by atoms with Crippen LogP contribution >= 0.6 is 11.3 Å². The van der Waals surface area contributed by atoms with E-state index >= 15 is 0 Å². The molecule has 2 bridgehead atoms. The molecule has 2 heterocycles. The van der Waals surface area contributed by atoms with E-state index in [2.05, 4.69) is 10.3 Å². The first-order chi connectivity index (χ1) is 12.6. The van der Waals surface area contributed by atoms with Crippen LogP contribution in [0.1, 0.15) is 39.2 Å². The lowest BCUT2D eigenvalue weighted by Crippen LogP contribution is -2.60. The van der Waals surface area contributed by atoms with Crippen molar-refractivity contribution in [3.05, 3.63) is 23.8 Å². The van der Waals surface area contributed by atoms with E-state index in [1.54, 1.807) is 0 Å². The number of aromatic nitrogens is 1. The summed E-state index contributed by atoms with van der Waals surface area (Å²) in [6.45, 7) is 7.64.